The van der Waals surface area contributed by atoms with Crippen molar-refractivity contribution < 1.29 is 41.0 Å². The molecule has 0 saturated carbocycles. The van der Waals surface area contributed by atoms with Gasteiger partial charge in [0.1, 0.15) is 5.56 Å². The van der Waals surface area contributed by atoms with Crippen molar-refractivity contribution in [2.45, 2.75) is 18.4 Å². The quantitative estimate of drug-likeness (QED) is 0.684. The van der Waals surface area contributed by atoms with Crippen molar-refractivity contribution in [3.8, 4) is 5.75 Å². The summed E-state index contributed by atoms with van der Waals surface area (Å²) in [6.45, 7) is 0. The number of alkyl halides is 7. The van der Waals surface area contributed by atoms with Gasteiger partial charge in [0.2, 0.25) is 0 Å². The largest absolute Gasteiger partial charge is 0.573 e. The van der Waals surface area contributed by atoms with Crippen LogP contribution in [0.4, 0.5) is 26.3 Å². The van der Waals surface area contributed by atoms with Crippen molar-refractivity contribution in [3.05, 3.63) is 23.0 Å². The van der Waals surface area contributed by atoms with Gasteiger partial charge in [-0.15, -0.1) is 24.8 Å². The SMILES string of the molecule is O=C(O)c1c(C(F)(F)F)ncc(CCl)c1OC(F)(F)F. The second-order valence-corrected chi connectivity index (χ2v) is 3.59. The van der Waals surface area contributed by atoms with Crippen LogP contribution in [-0.4, -0.2) is 22.4 Å². The van der Waals surface area contributed by atoms with Gasteiger partial charge in [-0.05, 0) is 0 Å². The number of pyridine rings is 1. The first-order valence-electron chi connectivity index (χ1n) is 4.61. The van der Waals surface area contributed by atoms with Crippen LogP contribution < -0.4 is 4.74 Å². The lowest BCUT2D eigenvalue weighted by atomic mass is 10.1. The molecule has 0 atom stereocenters. The van der Waals surface area contributed by atoms with E-state index in [1.54, 1.807) is 0 Å². The number of aromatic nitrogens is 1. The zero-order chi connectivity index (χ0) is 15.7. The number of ether oxygens (including phenoxy) is 1. The Labute approximate surface area is 111 Å². The van der Waals surface area contributed by atoms with Crippen LogP contribution in [0.3, 0.4) is 0 Å². The molecule has 20 heavy (non-hydrogen) atoms. The molecule has 0 aromatic carbocycles. The highest BCUT2D eigenvalue weighted by molar-refractivity contribution is 6.17. The van der Waals surface area contributed by atoms with Gasteiger partial charge in [-0.1, -0.05) is 0 Å². The highest BCUT2D eigenvalue weighted by Crippen LogP contribution is 2.38. The molecule has 112 valence electrons. The molecule has 0 fully saturated rings. The number of hydrogen-bond acceptors (Lipinski definition) is 3. The normalized spacial score (nSPS) is 12.3. The van der Waals surface area contributed by atoms with E-state index in [0.717, 1.165) is 0 Å². The maximum atomic E-state index is 12.6. The average Bonchev–Trinajstić information content (AvgIpc) is 2.24. The standard InChI is InChI=1S/C9H4ClF6NO3/c10-1-3-2-17-6(8(11,12)13)4(7(18)19)5(3)20-9(14,15)16/h2H,1H2,(H,18,19). The van der Waals surface area contributed by atoms with Gasteiger partial charge in [0, 0.05) is 11.8 Å². The molecular formula is C9H4ClF6NO3. The van der Waals surface area contributed by atoms with E-state index in [-0.39, 0.29) is 0 Å². The summed E-state index contributed by atoms with van der Waals surface area (Å²) in [4.78, 5) is 13.6. The zero-order valence-electron chi connectivity index (χ0n) is 9.14. The number of rotatable bonds is 3. The van der Waals surface area contributed by atoms with Gasteiger partial charge in [-0.3, -0.25) is 4.98 Å². The monoisotopic (exact) mass is 323 g/mol. The summed E-state index contributed by atoms with van der Waals surface area (Å²) in [6.07, 6.45) is -10.3. The van der Waals surface area contributed by atoms with E-state index in [2.05, 4.69) is 9.72 Å². The van der Waals surface area contributed by atoms with Crippen LogP contribution in [0.25, 0.3) is 0 Å². The number of hydrogen-bond donors (Lipinski definition) is 1. The molecule has 1 aromatic heterocycles. The van der Waals surface area contributed by atoms with E-state index in [0.29, 0.717) is 6.20 Å². The second-order valence-electron chi connectivity index (χ2n) is 3.32. The smallest absolute Gasteiger partial charge is 0.477 e. The van der Waals surface area contributed by atoms with E-state index < -0.39 is 47.0 Å². The second kappa shape index (κ2) is 5.35. The minimum absolute atomic E-state index is 0.378. The number of nitrogens with zero attached hydrogens (tertiary/aromatic N) is 1. The van der Waals surface area contributed by atoms with Gasteiger partial charge >= 0.3 is 18.5 Å². The lowest BCUT2D eigenvalue weighted by Gasteiger charge is -2.17. The fourth-order valence-corrected chi connectivity index (χ4v) is 1.46. The third kappa shape index (κ3) is 3.65. The van der Waals surface area contributed by atoms with E-state index in [1.165, 1.54) is 0 Å². The molecule has 0 aliphatic carbocycles. The highest BCUT2D eigenvalue weighted by atomic mass is 35.5. The third-order valence-electron chi connectivity index (χ3n) is 1.95. The van der Waals surface area contributed by atoms with Gasteiger partial charge < -0.3 is 9.84 Å². The molecule has 0 unspecified atom stereocenters. The topological polar surface area (TPSA) is 59.4 Å². The number of aromatic carboxylic acids is 1. The van der Waals surface area contributed by atoms with E-state index >= 15 is 0 Å². The molecule has 0 aliphatic heterocycles. The van der Waals surface area contributed by atoms with Crippen LogP contribution in [0.1, 0.15) is 21.6 Å². The number of carbonyl (C=O) groups is 1. The molecule has 1 aromatic rings. The summed E-state index contributed by atoms with van der Waals surface area (Å²) < 4.78 is 77.5. The Morgan fingerprint density at radius 1 is 1.30 bits per heavy atom. The van der Waals surface area contributed by atoms with Crippen LogP contribution in [0, 0.1) is 0 Å². The van der Waals surface area contributed by atoms with Crippen LogP contribution in [-0.2, 0) is 12.1 Å². The number of halogens is 7. The maximum absolute atomic E-state index is 12.6. The molecule has 0 bridgehead atoms. The van der Waals surface area contributed by atoms with E-state index in [1.807, 2.05) is 0 Å². The number of carboxylic acids is 1. The lowest BCUT2D eigenvalue weighted by Crippen LogP contribution is -2.23. The molecular weight excluding hydrogens is 320 g/mol. The first-order chi connectivity index (χ1) is 8.97. The Balaban J connectivity index is 3.62. The van der Waals surface area contributed by atoms with Crippen LogP contribution >= 0.6 is 11.6 Å². The summed E-state index contributed by atoms with van der Waals surface area (Å²) in [5, 5.41) is 8.70. The Morgan fingerprint density at radius 3 is 2.20 bits per heavy atom. The minimum atomic E-state index is -5.38. The van der Waals surface area contributed by atoms with Gasteiger partial charge in [0.15, 0.2) is 11.4 Å². The molecule has 11 heteroatoms. The van der Waals surface area contributed by atoms with Crippen molar-refractivity contribution >= 4 is 17.6 Å². The number of carboxylic acid groups (broad SMARTS) is 1. The van der Waals surface area contributed by atoms with Gasteiger partial charge in [0.05, 0.1) is 5.88 Å². The Kier molecular flexibility index (Phi) is 4.37. The molecule has 0 saturated heterocycles. The molecule has 0 spiro atoms. The fourth-order valence-electron chi connectivity index (χ4n) is 1.27. The third-order valence-corrected chi connectivity index (χ3v) is 2.24. The fraction of sp³-hybridized carbons (Fsp3) is 0.333. The Bertz CT molecular complexity index is 528. The van der Waals surface area contributed by atoms with Crippen molar-refractivity contribution in [2.75, 3.05) is 0 Å². The van der Waals surface area contributed by atoms with E-state index in [4.69, 9.17) is 16.7 Å². The van der Waals surface area contributed by atoms with Crippen molar-refractivity contribution in [1.82, 2.24) is 4.98 Å². The molecule has 1 N–H and O–H groups in total. The van der Waals surface area contributed by atoms with Crippen molar-refractivity contribution in [2.24, 2.45) is 0 Å². The maximum Gasteiger partial charge on any atom is 0.573 e. The first-order valence-corrected chi connectivity index (χ1v) is 5.15. The van der Waals surface area contributed by atoms with Crippen LogP contribution in [0.15, 0.2) is 6.20 Å². The Hall–Kier alpha value is -1.71. The van der Waals surface area contributed by atoms with Gasteiger partial charge in [-0.25, -0.2) is 4.79 Å². The summed E-state index contributed by atoms with van der Waals surface area (Å²) in [5.74, 6) is -4.50. The zero-order valence-corrected chi connectivity index (χ0v) is 9.90. The molecule has 0 amide bonds. The van der Waals surface area contributed by atoms with Crippen molar-refractivity contribution in [1.29, 1.82) is 0 Å². The predicted octanol–water partition coefficient (Wildman–Crippen LogP) is 3.44. The predicted molar refractivity (Wildman–Crippen MR) is 52.4 cm³/mol. The first kappa shape index (κ1) is 16.3. The lowest BCUT2D eigenvalue weighted by molar-refractivity contribution is -0.275. The van der Waals surface area contributed by atoms with E-state index in [9.17, 15) is 31.1 Å². The highest BCUT2D eigenvalue weighted by Gasteiger charge is 2.42. The van der Waals surface area contributed by atoms with Crippen LogP contribution in [0.5, 0.6) is 5.75 Å². The Morgan fingerprint density at radius 2 is 1.85 bits per heavy atom. The summed E-state index contributed by atoms with van der Waals surface area (Å²) in [6, 6.07) is 0. The summed E-state index contributed by atoms with van der Waals surface area (Å²) in [5.41, 5.74) is -4.37. The molecule has 0 radical (unpaired) electrons. The minimum Gasteiger partial charge on any atom is -0.477 e. The van der Waals surface area contributed by atoms with Crippen LogP contribution in [0.2, 0.25) is 0 Å². The molecule has 4 nitrogen and oxygen atoms in total. The van der Waals surface area contributed by atoms with Gasteiger partial charge in [0.25, 0.3) is 0 Å². The van der Waals surface area contributed by atoms with Gasteiger partial charge in [-0.2, -0.15) is 13.2 Å². The summed E-state index contributed by atoms with van der Waals surface area (Å²) in [7, 11) is 0. The average molecular weight is 324 g/mol. The molecule has 1 rings (SSSR count). The molecule has 0 aliphatic rings. The summed E-state index contributed by atoms with van der Waals surface area (Å²) >= 11 is 5.24. The van der Waals surface area contributed by atoms with Crippen molar-refractivity contribution in [3.63, 3.8) is 0 Å². The molecule has 1 heterocycles.